The maximum absolute atomic E-state index is 12.0. The topological polar surface area (TPSA) is 77.4 Å². The minimum Gasteiger partial charge on any atom is -0.493 e. The molecule has 2 heterocycles. The predicted octanol–water partition coefficient (Wildman–Crippen LogP) is 0.420. The van der Waals surface area contributed by atoms with Crippen molar-refractivity contribution in [3.8, 4) is 0 Å². The molecule has 1 saturated heterocycles. The number of aliphatic imine (C=N–C) groups is 1. The zero-order valence-corrected chi connectivity index (χ0v) is 12.6. The number of carbonyl (C=O) groups excluding carboxylic acids is 2. The van der Waals surface area contributed by atoms with E-state index in [0.717, 1.165) is 18.0 Å². The van der Waals surface area contributed by atoms with Crippen LogP contribution in [0.4, 0.5) is 0 Å². The molecule has 3 rings (SSSR count). The van der Waals surface area contributed by atoms with E-state index in [9.17, 15) is 9.59 Å². The predicted molar refractivity (Wildman–Crippen MR) is 77.1 cm³/mol. The van der Waals surface area contributed by atoms with Crippen molar-refractivity contribution in [2.45, 2.75) is 19.4 Å². The van der Waals surface area contributed by atoms with E-state index < -0.39 is 5.97 Å². The molecule has 7 heteroatoms. The van der Waals surface area contributed by atoms with Crippen LogP contribution in [0.25, 0.3) is 0 Å². The van der Waals surface area contributed by atoms with Crippen LogP contribution in [-0.4, -0.2) is 62.0 Å². The van der Waals surface area contributed by atoms with Gasteiger partial charge in [0.05, 0.1) is 49.8 Å². The third kappa shape index (κ3) is 2.64. The lowest BCUT2D eigenvalue weighted by atomic mass is 9.96. The molecule has 7 nitrogen and oxygen atoms in total. The average Bonchev–Trinajstić information content (AvgIpc) is 2.52. The van der Waals surface area contributed by atoms with Crippen molar-refractivity contribution in [1.29, 1.82) is 0 Å². The van der Waals surface area contributed by atoms with Crippen molar-refractivity contribution in [2.75, 3.05) is 33.5 Å². The molecule has 0 aromatic heterocycles. The van der Waals surface area contributed by atoms with Gasteiger partial charge in [-0.15, -0.1) is 0 Å². The highest BCUT2D eigenvalue weighted by molar-refractivity contribution is 6.23. The van der Waals surface area contributed by atoms with Crippen molar-refractivity contribution in [1.82, 2.24) is 4.90 Å². The lowest BCUT2D eigenvalue weighted by Crippen LogP contribution is -2.50. The average molecular weight is 306 g/mol. The summed E-state index contributed by atoms with van der Waals surface area (Å²) in [7, 11) is 1.31. The van der Waals surface area contributed by atoms with Gasteiger partial charge in [-0.05, 0) is 6.08 Å². The van der Waals surface area contributed by atoms with E-state index in [1.165, 1.54) is 14.0 Å². The summed E-state index contributed by atoms with van der Waals surface area (Å²) in [6.45, 7) is 3.88. The Morgan fingerprint density at radius 2 is 2.23 bits per heavy atom. The largest absolute Gasteiger partial charge is 0.493 e. The third-order valence-electron chi connectivity index (χ3n) is 3.89. The summed E-state index contributed by atoms with van der Waals surface area (Å²) in [6, 6.07) is 0.147. The molecule has 0 aromatic rings. The maximum atomic E-state index is 12.0. The Bertz CT molecular complexity index is 605. The Morgan fingerprint density at radius 1 is 1.41 bits per heavy atom. The van der Waals surface area contributed by atoms with Crippen LogP contribution in [0.1, 0.15) is 13.3 Å². The number of esters is 1. The summed E-state index contributed by atoms with van der Waals surface area (Å²) in [6.07, 6.45) is 2.03. The first-order valence-electron chi connectivity index (χ1n) is 7.19. The molecule has 0 radical (unpaired) electrons. The first-order chi connectivity index (χ1) is 10.6. The summed E-state index contributed by atoms with van der Waals surface area (Å²) in [5.41, 5.74) is 1.57. The van der Waals surface area contributed by atoms with E-state index in [-0.39, 0.29) is 11.9 Å². The molecule has 1 atom stereocenters. The Kier molecular flexibility index (Phi) is 3.98. The van der Waals surface area contributed by atoms with Crippen molar-refractivity contribution < 1.29 is 23.8 Å². The number of morpholine rings is 1. The van der Waals surface area contributed by atoms with Crippen LogP contribution in [0.3, 0.4) is 0 Å². The van der Waals surface area contributed by atoms with Crippen LogP contribution in [0.5, 0.6) is 0 Å². The molecule has 1 fully saturated rings. The molecule has 0 bridgehead atoms. The molecule has 0 saturated carbocycles. The van der Waals surface area contributed by atoms with Crippen molar-refractivity contribution in [2.24, 2.45) is 4.99 Å². The molecule has 0 spiro atoms. The van der Waals surface area contributed by atoms with E-state index in [4.69, 9.17) is 14.2 Å². The SMILES string of the molecule is COC(=O)C1=CC2=C(CC1=NC(C)=O)OCC1COCCN21. The highest BCUT2D eigenvalue weighted by Crippen LogP contribution is 2.32. The Hall–Kier alpha value is -2.15. The zero-order valence-electron chi connectivity index (χ0n) is 12.6. The fourth-order valence-electron chi connectivity index (χ4n) is 2.89. The van der Waals surface area contributed by atoms with Gasteiger partial charge in [-0.3, -0.25) is 4.79 Å². The summed E-state index contributed by atoms with van der Waals surface area (Å²) < 4.78 is 16.1. The maximum Gasteiger partial charge on any atom is 0.339 e. The van der Waals surface area contributed by atoms with Crippen LogP contribution in [0, 0.1) is 0 Å². The van der Waals surface area contributed by atoms with E-state index in [2.05, 4.69) is 9.89 Å². The zero-order chi connectivity index (χ0) is 15.7. The van der Waals surface area contributed by atoms with E-state index in [1.54, 1.807) is 6.08 Å². The molecule has 22 heavy (non-hydrogen) atoms. The smallest absolute Gasteiger partial charge is 0.339 e. The van der Waals surface area contributed by atoms with Crippen LogP contribution >= 0.6 is 0 Å². The molecule has 118 valence electrons. The normalized spacial score (nSPS) is 25.9. The number of amides is 1. The monoisotopic (exact) mass is 306 g/mol. The number of hydrogen-bond acceptors (Lipinski definition) is 6. The highest BCUT2D eigenvalue weighted by Gasteiger charge is 2.36. The quantitative estimate of drug-likeness (QED) is 0.653. The lowest BCUT2D eigenvalue weighted by Gasteiger charge is -2.43. The first-order valence-corrected chi connectivity index (χ1v) is 7.19. The molecular formula is C15H18N2O5. The number of methoxy groups -OCH3 is 1. The summed E-state index contributed by atoms with van der Waals surface area (Å²) in [4.78, 5) is 29.4. The Labute approximate surface area is 128 Å². The van der Waals surface area contributed by atoms with Crippen molar-refractivity contribution in [3.63, 3.8) is 0 Å². The van der Waals surface area contributed by atoms with Crippen LogP contribution < -0.4 is 0 Å². The number of allylic oxidation sites excluding steroid dienone is 2. The van der Waals surface area contributed by atoms with Gasteiger partial charge < -0.3 is 19.1 Å². The Balaban J connectivity index is 2.00. The number of ether oxygens (including phenoxy) is 3. The molecular weight excluding hydrogens is 288 g/mol. The van der Waals surface area contributed by atoms with Crippen molar-refractivity contribution >= 4 is 17.6 Å². The van der Waals surface area contributed by atoms with Gasteiger partial charge in [0.2, 0.25) is 5.91 Å². The van der Waals surface area contributed by atoms with Gasteiger partial charge in [-0.1, -0.05) is 0 Å². The van der Waals surface area contributed by atoms with Crippen LogP contribution in [0.15, 0.2) is 28.1 Å². The molecule has 1 amide bonds. The van der Waals surface area contributed by atoms with Crippen LogP contribution in [0.2, 0.25) is 0 Å². The van der Waals surface area contributed by atoms with Gasteiger partial charge >= 0.3 is 5.97 Å². The third-order valence-corrected chi connectivity index (χ3v) is 3.89. The first kappa shape index (κ1) is 14.8. The van der Waals surface area contributed by atoms with Gasteiger partial charge in [0.25, 0.3) is 0 Å². The second kappa shape index (κ2) is 5.92. The van der Waals surface area contributed by atoms with Gasteiger partial charge in [0, 0.05) is 13.5 Å². The van der Waals surface area contributed by atoms with Gasteiger partial charge in [-0.25, -0.2) is 9.79 Å². The minimum absolute atomic E-state index is 0.147. The van der Waals surface area contributed by atoms with E-state index in [0.29, 0.717) is 37.5 Å². The number of fused-ring (bicyclic) bond motifs is 2. The fourth-order valence-corrected chi connectivity index (χ4v) is 2.89. The van der Waals surface area contributed by atoms with Gasteiger partial charge in [0.1, 0.15) is 12.4 Å². The minimum atomic E-state index is -0.498. The van der Waals surface area contributed by atoms with Crippen molar-refractivity contribution in [3.05, 3.63) is 23.1 Å². The highest BCUT2D eigenvalue weighted by atomic mass is 16.5. The molecule has 2 aliphatic heterocycles. The summed E-state index contributed by atoms with van der Waals surface area (Å²) in [5, 5.41) is 0. The number of rotatable bonds is 1. The number of hydrogen-bond donors (Lipinski definition) is 0. The summed E-state index contributed by atoms with van der Waals surface area (Å²) >= 11 is 0. The fraction of sp³-hybridized carbons (Fsp3) is 0.533. The molecule has 0 aromatic carbocycles. The van der Waals surface area contributed by atoms with Gasteiger partial charge in [0.15, 0.2) is 0 Å². The van der Waals surface area contributed by atoms with Gasteiger partial charge in [-0.2, -0.15) is 0 Å². The Morgan fingerprint density at radius 3 is 2.95 bits per heavy atom. The number of nitrogens with zero attached hydrogens (tertiary/aromatic N) is 2. The molecule has 0 N–H and O–H groups in total. The molecule has 1 unspecified atom stereocenters. The molecule has 3 aliphatic rings. The second-order valence-corrected chi connectivity index (χ2v) is 5.35. The standard InChI is InChI=1S/C15H18N2O5/c1-9(18)16-12-6-14-13(5-11(12)15(19)20-2)17-3-4-21-7-10(17)8-22-14/h5,10H,3-4,6-8H2,1-2H3. The molecule has 1 aliphatic carbocycles. The lowest BCUT2D eigenvalue weighted by molar-refractivity contribution is -0.135. The van der Waals surface area contributed by atoms with Crippen LogP contribution in [-0.2, 0) is 23.8 Å². The summed E-state index contributed by atoms with van der Waals surface area (Å²) in [5.74, 6) is -0.110. The number of carbonyl (C=O) groups is 2. The van der Waals surface area contributed by atoms with E-state index >= 15 is 0 Å². The van der Waals surface area contributed by atoms with E-state index in [1.807, 2.05) is 0 Å². The second-order valence-electron chi connectivity index (χ2n) is 5.35.